The van der Waals surface area contributed by atoms with Crippen LogP contribution in [0.15, 0.2) is 0 Å². The molecule has 0 aromatic rings. The van der Waals surface area contributed by atoms with Crippen LogP contribution in [0.3, 0.4) is 0 Å². The standard InChI is InChI=1S/C16H31NO3/c1-15(2,3)20-14(18)17-13-8-6-12(7-9-13)10-11-16(4,5)19/h12-13,19H,6-11H2,1-5H3,(H,17,18). The number of hydrogen-bond acceptors (Lipinski definition) is 3. The van der Waals surface area contributed by atoms with Crippen LogP contribution < -0.4 is 5.32 Å². The summed E-state index contributed by atoms with van der Waals surface area (Å²) in [4.78, 5) is 11.7. The first-order valence-electron chi connectivity index (χ1n) is 7.77. The second-order valence-electron chi connectivity index (χ2n) is 7.71. The van der Waals surface area contributed by atoms with Crippen molar-refractivity contribution in [3.8, 4) is 0 Å². The highest BCUT2D eigenvalue weighted by Crippen LogP contribution is 2.29. The van der Waals surface area contributed by atoms with Crippen LogP contribution in [0.1, 0.15) is 73.1 Å². The van der Waals surface area contributed by atoms with E-state index in [1.165, 1.54) is 0 Å². The van der Waals surface area contributed by atoms with Gasteiger partial charge in [-0.15, -0.1) is 0 Å². The SMILES string of the molecule is CC(C)(O)CCC1CCC(NC(=O)OC(C)(C)C)CC1. The maximum Gasteiger partial charge on any atom is 0.407 e. The van der Waals surface area contributed by atoms with Crippen LogP contribution in [0.5, 0.6) is 0 Å². The van der Waals surface area contributed by atoms with Crippen LogP contribution in [-0.4, -0.2) is 28.4 Å². The van der Waals surface area contributed by atoms with Crippen molar-refractivity contribution in [3.05, 3.63) is 0 Å². The largest absolute Gasteiger partial charge is 0.444 e. The number of ether oxygens (including phenoxy) is 1. The van der Waals surface area contributed by atoms with E-state index in [2.05, 4.69) is 5.32 Å². The number of hydrogen-bond donors (Lipinski definition) is 2. The van der Waals surface area contributed by atoms with Gasteiger partial charge in [0, 0.05) is 6.04 Å². The van der Waals surface area contributed by atoms with E-state index in [9.17, 15) is 9.90 Å². The van der Waals surface area contributed by atoms with Crippen molar-refractivity contribution in [1.29, 1.82) is 0 Å². The van der Waals surface area contributed by atoms with Crippen LogP contribution >= 0.6 is 0 Å². The Kier molecular flexibility index (Phi) is 5.87. The molecule has 1 aliphatic rings. The lowest BCUT2D eigenvalue weighted by atomic mass is 9.81. The first kappa shape index (κ1) is 17.3. The molecule has 118 valence electrons. The van der Waals surface area contributed by atoms with E-state index < -0.39 is 11.2 Å². The van der Waals surface area contributed by atoms with E-state index in [1.807, 2.05) is 34.6 Å². The maximum atomic E-state index is 11.7. The summed E-state index contributed by atoms with van der Waals surface area (Å²) in [5.41, 5.74) is -1.00. The average molecular weight is 285 g/mol. The second-order valence-corrected chi connectivity index (χ2v) is 7.71. The zero-order valence-electron chi connectivity index (χ0n) is 13.7. The highest BCUT2D eigenvalue weighted by Gasteiger charge is 2.25. The number of carbonyl (C=O) groups is 1. The van der Waals surface area contributed by atoms with Gasteiger partial charge in [0.15, 0.2) is 0 Å². The molecule has 1 fully saturated rings. The van der Waals surface area contributed by atoms with Gasteiger partial charge in [-0.25, -0.2) is 4.79 Å². The molecule has 0 spiro atoms. The topological polar surface area (TPSA) is 58.6 Å². The summed E-state index contributed by atoms with van der Waals surface area (Å²) in [6.07, 6.45) is 5.88. The number of nitrogens with one attached hydrogen (secondary N) is 1. The Labute approximate surface area is 123 Å². The van der Waals surface area contributed by atoms with E-state index in [0.29, 0.717) is 5.92 Å². The Morgan fingerprint density at radius 2 is 1.70 bits per heavy atom. The summed E-state index contributed by atoms with van der Waals surface area (Å²) in [6.45, 7) is 9.35. The molecule has 4 nitrogen and oxygen atoms in total. The minimum Gasteiger partial charge on any atom is -0.444 e. The van der Waals surface area contributed by atoms with Crippen LogP contribution in [0.2, 0.25) is 0 Å². The fraction of sp³-hybridized carbons (Fsp3) is 0.938. The number of rotatable bonds is 4. The van der Waals surface area contributed by atoms with E-state index in [0.717, 1.165) is 38.5 Å². The van der Waals surface area contributed by atoms with Gasteiger partial charge < -0.3 is 15.2 Å². The minimum atomic E-state index is -0.564. The average Bonchev–Trinajstić information content (AvgIpc) is 2.24. The van der Waals surface area contributed by atoms with Gasteiger partial charge in [0.1, 0.15) is 5.60 Å². The normalized spacial score (nSPS) is 24.3. The third-order valence-electron chi connectivity index (χ3n) is 3.73. The molecule has 0 aromatic heterocycles. The van der Waals surface area contributed by atoms with Gasteiger partial charge in [-0.2, -0.15) is 0 Å². The van der Waals surface area contributed by atoms with Crippen molar-refractivity contribution in [2.24, 2.45) is 5.92 Å². The molecular formula is C16H31NO3. The molecule has 0 unspecified atom stereocenters. The predicted octanol–water partition coefficient (Wildman–Crippen LogP) is 3.62. The molecule has 0 bridgehead atoms. The van der Waals surface area contributed by atoms with Crippen molar-refractivity contribution >= 4 is 6.09 Å². The van der Waals surface area contributed by atoms with Gasteiger partial charge in [-0.3, -0.25) is 0 Å². The fourth-order valence-corrected chi connectivity index (χ4v) is 2.63. The zero-order chi connectivity index (χ0) is 15.4. The Bertz CT molecular complexity index is 307. The van der Waals surface area contributed by atoms with Crippen LogP contribution in [0.4, 0.5) is 4.79 Å². The Morgan fingerprint density at radius 1 is 1.15 bits per heavy atom. The van der Waals surface area contributed by atoms with Crippen molar-refractivity contribution in [2.45, 2.75) is 90.4 Å². The molecule has 20 heavy (non-hydrogen) atoms. The van der Waals surface area contributed by atoms with Crippen molar-refractivity contribution < 1.29 is 14.6 Å². The molecule has 0 heterocycles. The van der Waals surface area contributed by atoms with E-state index in [4.69, 9.17) is 4.74 Å². The molecule has 0 saturated heterocycles. The maximum absolute atomic E-state index is 11.7. The van der Waals surface area contributed by atoms with Gasteiger partial charge in [0.2, 0.25) is 0 Å². The first-order chi connectivity index (χ1) is 9.05. The van der Waals surface area contributed by atoms with E-state index >= 15 is 0 Å². The molecule has 0 radical (unpaired) electrons. The van der Waals surface area contributed by atoms with Gasteiger partial charge in [0.05, 0.1) is 5.60 Å². The summed E-state index contributed by atoms with van der Waals surface area (Å²) in [5, 5.41) is 12.7. The zero-order valence-corrected chi connectivity index (χ0v) is 13.7. The van der Waals surface area contributed by atoms with Gasteiger partial charge in [0.25, 0.3) is 0 Å². The number of carbonyl (C=O) groups excluding carboxylic acids is 1. The smallest absolute Gasteiger partial charge is 0.407 e. The van der Waals surface area contributed by atoms with Crippen LogP contribution in [0.25, 0.3) is 0 Å². The summed E-state index contributed by atoms with van der Waals surface area (Å²) in [6, 6.07) is 0.239. The highest BCUT2D eigenvalue weighted by atomic mass is 16.6. The number of alkyl carbamates (subject to hydrolysis) is 1. The van der Waals surface area contributed by atoms with Crippen molar-refractivity contribution in [3.63, 3.8) is 0 Å². The lowest BCUT2D eigenvalue weighted by Gasteiger charge is -2.31. The van der Waals surface area contributed by atoms with Gasteiger partial charge in [-0.1, -0.05) is 0 Å². The molecule has 1 aliphatic carbocycles. The van der Waals surface area contributed by atoms with Gasteiger partial charge in [-0.05, 0) is 79.1 Å². The Hall–Kier alpha value is -0.770. The summed E-state index contributed by atoms with van der Waals surface area (Å²) in [7, 11) is 0. The van der Waals surface area contributed by atoms with Gasteiger partial charge >= 0.3 is 6.09 Å². The molecule has 1 amide bonds. The lowest BCUT2D eigenvalue weighted by Crippen LogP contribution is -2.41. The minimum absolute atomic E-state index is 0.239. The molecule has 0 atom stereocenters. The molecule has 1 saturated carbocycles. The van der Waals surface area contributed by atoms with Crippen molar-refractivity contribution in [2.75, 3.05) is 0 Å². The second kappa shape index (κ2) is 6.79. The first-order valence-corrected chi connectivity index (χ1v) is 7.77. The number of aliphatic hydroxyl groups is 1. The highest BCUT2D eigenvalue weighted by molar-refractivity contribution is 5.68. The molecule has 0 aromatic carbocycles. The number of amides is 1. The third kappa shape index (κ3) is 7.73. The predicted molar refractivity (Wildman–Crippen MR) is 80.6 cm³/mol. The summed E-state index contributed by atoms with van der Waals surface area (Å²) < 4.78 is 5.28. The quantitative estimate of drug-likeness (QED) is 0.829. The monoisotopic (exact) mass is 285 g/mol. The molecule has 2 N–H and O–H groups in total. The van der Waals surface area contributed by atoms with Crippen molar-refractivity contribution in [1.82, 2.24) is 5.32 Å². The Morgan fingerprint density at radius 3 is 2.15 bits per heavy atom. The molecular weight excluding hydrogens is 254 g/mol. The molecule has 1 rings (SSSR count). The third-order valence-corrected chi connectivity index (χ3v) is 3.73. The summed E-state index contributed by atoms with van der Waals surface area (Å²) >= 11 is 0. The van der Waals surface area contributed by atoms with Crippen LogP contribution in [0, 0.1) is 5.92 Å². The summed E-state index contributed by atoms with van der Waals surface area (Å²) in [5.74, 6) is 0.679. The molecule has 0 aliphatic heterocycles. The lowest BCUT2D eigenvalue weighted by molar-refractivity contribution is 0.0477. The van der Waals surface area contributed by atoms with E-state index in [-0.39, 0.29) is 12.1 Å². The Balaban J connectivity index is 2.24. The van der Waals surface area contributed by atoms with Crippen LogP contribution in [-0.2, 0) is 4.74 Å². The van der Waals surface area contributed by atoms with E-state index in [1.54, 1.807) is 0 Å². The fourth-order valence-electron chi connectivity index (χ4n) is 2.63. The molecule has 4 heteroatoms.